The first-order valence-corrected chi connectivity index (χ1v) is 7.01. The summed E-state index contributed by atoms with van der Waals surface area (Å²) in [6, 6.07) is 13.3. The summed E-state index contributed by atoms with van der Waals surface area (Å²) in [4.78, 5) is 12.3. The summed E-state index contributed by atoms with van der Waals surface area (Å²) in [5, 5.41) is 0.892. The van der Waals surface area contributed by atoms with Gasteiger partial charge in [-0.2, -0.15) is 0 Å². The molecule has 0 saturated heterocycles. The topological polar surface area (TPSA) is 39.4 Å². The van der Waals surface area contributed by atoms with Gasteiger partial charge in [0.05, 0.1) is 0 Å². The van der Waals surface area contributed by atoms with Crippen LogP contribution >= 0.6 is 0 Å². The van der Waals surface area contributed by atoms with Crippen LogP contribution in [0.1, 0.15) is 34.7 Å². The normalized spacial score (nSPS) is 12.3. The molecule has 1 aromatic heterocycles. The zero-order chi connectivity index (χ0) is 15.7. The van der Waals surface area contributed by atoms with Crippen molar-refractivity contribution in [2.24, 2.45) is 0 Å². The number of hydrogen-bond donors (Lipinski definition) is 0. The average molecular weight is 298 g/mol. The summed E-state index contributed by atoms with van der Waals surface area (Å²) in [5.74, 6) is -0.643. The van der Waals surface area contributed by atoms with Crippen LogP contribution in [0.25, 0.3) is 11.0 Å². The molecule has 0 amide bonds. The minimum absolute atomic E-state index is 0.204. The monoisotopic (exact) mass is 298 g/mol. The van der Waals surface area contributed by atoms with E-state index in [9.17, 15) is 9.18 Å². The van der Waals surface area contributed by atoms with E-state index < -0.39 is 12.1 Å². The van der Waals surface area contributed by atoms with Crippen molar-refractivity contribution in [2.45, 2.75) is 20.0 Å². The molecule has 112 valence electrons. The number of halogens is 1. The van der Waals surface area contributed by atoms with Crippen LogP contribution in [0.2, 0.25) is 0 Å². The number of ether oxygens (including phenoxy) is 1. The van der Waals surface area contributed by atoms with E-state index in [-0.39, 0.29) is 11.6 Å². The van der Waals surface area contributed by atoms with Crippen LogP contribution < -0.4 is 0 Å². The highest BCUT2D eigenvalue weighted by molar-refractivity contribution is 5.95. The van der Waals surface area contributed by atoms with Crippen LogP contribution in [-0.4, -0.2) is 5.97 Å². The number of carbonyl (C=O) groups excluding carboxylic acids is 1. The van der Waals surface area contributed by atoms with Crippen LogP contribution in [0.3, 0.4) is 0 Å². The second kappa shape index (κ2) is 5.64. The summed E-state index contributed by atoms with van der Waals surface area (Å²) in [5.41, 5.74) is 2.14. The molecule has 2 aromatic carbocycles. The third-order valence-corrected chi connectivity index (χ3v) is 3.65. The van der Waals surface area contributed by atoms with Crippen LogP contribution in [0.4, 0.5) is 4.39 Å². The number of fused-ring (bicyclic) bond motifs is 1. The largest absolute Gasteiger partial charge is 0.452 e. The molecule has 4 heteroatoms. The number of aryl methyl sites for hydroxylation is 1. The maximum atomic E-state index is 12.9. The molecule has 0 fully saturated rings. The molecular weight excluding hydrogens is 283 g/mol. The van der Waals surface area contributed by atoms with Crippen molar-refractivity contribution in [2.75, 3.05) is 0 Å². The molecule has 22 heavy (non-hydrogen) atoms. The van der Waals surface area contributed by atoms with Crippen molar-refractivity contribution in [1.29, 1.82) is 0 Å². The molecule has 1 atom stereocenters. The molecule has 0 radical (unpaired) electrons. The maximum Gasteiger partial charge on any atom is 0.375 e. The fraction of sp³-hybridized carbons (Fsp3) is 0.167. The molecule has 0 N–H and O–H groups in total. The zero-order valence-electron chi connectivity index (χ0n) is 12.3. The first-order valence-electron chi connectivity index (χ1n) is 7.01. The molecule has 3 nitrogen and oxygen atoms in total. The van der Waals surface area contributed by atoms with Gasteiger partial charge in [-0.1, -0.05) is 30.3 Å². The summed E-state index contributed by atoms with van der Waals surface area (Å²) < 4.78 is 23.9. The van der Waals surface area contributed by atoms with E-state index in [4.69, 9.17) is 9.15 Å². The second-order valence-corrected chi connectivity index (χ2v) is 5.15. The van der Waals surface area contributed by atoms with Gasteiger partial charge in [-0.25, -0.2) is 9.18 Å². The summed E-state index contributed by atoms with van der Waals surface area (Å²) in [6.45, 7) is 3.56. The zero-order valence-corrected chi connectivity index (χ0v) is 12.3. The fourth-order valence-electron chi connectivity index (χ4n) is 2.38. The van der Waals surface area contributed by atoms with Gasteiger partial charge in [0.25, 0.3) is 0 Å². The van der Waals surface area contributed by atoms with Crippen LogP contribution in [-0.2, 0) is 4.74 Å². The van der Waals surface area contributed by atoms with Gasteiger partial charge in [0.1, 0.15) is 17.5 Å². The van der Waals surface area contributed by atoms with Gasteiger partial charge in [-0.3, -0.25) is 0 Å². The minimum atomic E-state index is -0.523. The number of furan rings is 1. The van der Waals surface area contributed by atoms with E-state index in [2.05, 4.69) is 0 Å². The maximum absolute atomic E-state index is 12.9. The van der Waals surface area contributed by atoms with Gasteiger partial charge in [-0.15, -0.1) is 0 Å². The highest BCUT2D eigenvalue weighted by Crippen LogP contribution is 2.27. The highest BCUT2D eigenvalue weighted by atomic mass is 19.1. The number of esters is 1. The first-order chi connectivity index (χ1) is 10.6. The molecule has 3 rings (SSSR count). The number of rotatable bonds is 3. The van der Waals surface area contributed by atoms with Crippen LogP contribution in [0.15, 0.2) is 52.9 Å². The SMILES string of the molecule is Cc1c(C(=O)O[C@@H](C)c2ccc(F)cc2)oc2ccccc12. The van der Waals surface area contributed by atoms with Crippen LogP contribution in [0, 0.1) is 12.7 Å². The Kier molecular flexibility index (Phi) is 3.67. The number of para-hydroxylation sites is 1. The van der Waals surface area contributed by atoms with Gasteiger partial charge in [0.2, 0.25) is 5.76 Å². The molecule has 0 spiro atoms. The first kappa shape index (κ1) is 14.3. The average Bonchev–Trinajstić information content (AvgIpc) is 2.85. The predicted molar refractivity (Wildman–Crippen MR) is 81.2 cm³/mol. The lowest BCUT2D eigenvalue weighted by Crippen LogP contribution is -2.09. The van der Waals surface area contributed by atoms with Crippen molar-refractivity contribution >= 4 is 16.9 Å². The van der Waals surface area contributed by atoms with Crippen molar-refractivity contribution in [3.63, 3.8) is 0 Å². The van der Waals surface area contributed by atoms with E-state index in [1.165, 1.54) is 12.1 Å². The third-order valence-electron chi connectivity index (χ3n) is 3.65. The highest BCUT2D eigenvalue weighted by Gasteiger charge is 2.21. The standard InChI is InChI=1S/C18H15FO3/c1-11-15-5-3-4-6-16(15)22-17(11)18(20)21-12(2)13-7-9-14(19)10-8-13/h3-10,12H,1-2H3/t12-/m0/s1. The van der Waals surface area contributed by atoms with E-state index in [1.807, 2.05) is 31.2 Å². The van der Waals surface area contributed by atoms with Gasteiger partial charge < -0.3 is 9.15 Å². The molecule has 0 aliphatic carbocycles. The summed E-state index contributed by atoms with van der Waals surface area (Å²) in [7, 11) is 0. The van der Waals surface area contributed by atoms with Crippen molar-refractivity contribution in [1.82, 2.24) is 0 Å². The molecular formula is C18H15FO3. The molecule has 0 unspecified atom stereocenters. The Morgan fingerprint density at radius 1 is 1.14 bits per heavy atom. The van der Waals surface area contributed by atoms with Gasteiger partial charge >= 0.3 is 5.97 Å². The number of benzene rings is 2. The van der Waals surface area contributed by atoms with Crippen molar-refractivity contribution in [3.8, 4) is 0 Å². The molecule has 3 aromatic rings. The Bertz CT molecular complexity index is 818. The summed E-state index contributed by atoms with van der Waals surface area (Å²) >= 11 is 0. The fourth-order valence-corrected chi connectivity index (χ4v) is 2.38. The molecule has 0 aliphatic heterocycles. The molecule has 0 saturated carbocycles. The Morgan fingerprint density at radius 3 is 2.50 bits per heavy atom. The minimum Gasteiger partial charge on any atom is -0.452 e. The Hall–Kier alpha value is -2.62. The Morgan fingerprint density at radius 2 is 1.82 bits per heavy atom. The van der Waals surface area contributed by atoms with E-state index in [1.54, 1.807) is 19.1 Å². The third kappa shape index (κ3) is 2.60. The predicted octanol–water partition coefficient (Wildman–Crippen LogP) is 4.80. The van der Waals surface area contributed by atoms with Crippen molar-refractivity contribution in [3.05, 3.63) is 71.2 Å². The van der Waals surface area contributed by atoms with Crippen molar-refractivity contribution < 1.29 is 18.3 Å². The second-order valence-electron chi connectivity index (χ2n) is 5.15. The van der Waals surface area contributed by atoms with E-state index >= 15 is 0 Å². The molecule has 0 aliphatic rings. The van der Waals surface area contributed by atoms with Gasteiger partial charge in [0, 0.05) is 10.9 Å². The number of hydrogen-bond acceptors (Lipinski definition) is 3. The van der Waals surface area contributed by atoms with Crippen LogP contribution in [0.5, 0.6) is 0 Å². The smallest absolute Gasteiger partial charge is 0.375 e. The lowest BCUT2D eigenvalue weighted by atomic mass is 10.1. The molecule has 0 bridgehead atoms. The Labute approximate surface area is 127 Å². The number of carbonyl (C=O) groups is 1. The van der Waals surface area contributed by atoms with Gasteiger partial charge in [0.15, 0.2) is 0 Å². The summed E-state index contributed by atoms with van der Waals surface area (Å²) in [6.07, 6.45) is -0.485. The Balaban J connectivity index is 1.84. The van der Waals surface area contributed by atoms with Gasteiger partial charge in [-0.05, 0) is 37.6 Å². The van der Waals surface area contributed by atoms with E-state index in [0.717, 1.165) is 16.5 Å². The van der Waals surface area contributed by atoms with E-state index in [0.29, 0.717) is 5.58 Å². The lowest BCUT2D eigenvalue weighted by Gasteiger charge is -2.12. The molecule has 1 heterocycles. The lowest BCUT2D eigenvalue weighted by molar-refractivity contribution is 0.0303. The quantitative estimate of drug-likeness (QED) is 0.652.